The van der Waals surface area contributed by atoms with Gasteiger partial charge in [0.25, 0.3) is 5.91 Å². The summed E-state index contributed by atoms with van der Waals surface area (Å²) in [6, 6.07) is 10.4. The highest BCUT2D eigenvalue weighted by molar-refractivity contribution is 6.04. The molecular weight excluding hydrogens is 359 g/mol. The molecule has 8 heteroatoms. The van der Waals surface area contributed by atoms with E-state index in [9.17, 15) is 22.8 Å². The van der Waals surface area contributed by atoms with Gasteiger partial charge in [-0.25, -0.2) is 0 Å². The van der Waals surface area contributed by atoms with Gasteiger partial charge in [0.2, 0.25) is 5.91 Å². The Morgan fingerprint density at radius 2 is 1.67 bits per heavy atom. The Labute approximate surface area is 154 Å². The molecule has 0 fully saturated rings. The molecule has 0 saturated carbocycles. The van der Waals surface area contributed by atoms with Gasteiger partial charge in [-0.05, 0) is 49.7 Å². The highest BCUT2D eigenvalue weighted by Gasteiger charge is 2.30. The average molecular weight is 379 g/mol. The fourth-order valence-electron chi connectivity index (χ4n) is 2.30. The molecule has 0 spiro atoms. The zero-order chi connectivity index (χ0) is 20.0. The molecule has 0 aliphatic heterocycles. The second-order valence-electron chi connectivity index (χ2n) is 6.18. The van der Waals surface area contributed by atoms with Crippen molar-refractivity contribution < 1.29 is 22.8 Å². The normalized spacial score (nSPS) is 12.3. The summed E-state index contributed by atoms with van der Waals surface area (Å²) in [5, 5.41) is 5.21. The Balaban J connectivity index is 2.05. The van der Waals surface area contributed by atoms with Crippen molar-refractivity contribution in [1.82, 2.24) is 0 Å². The Bertz CT molecular complexity index is 820. The summed E-state index contributed by atoms with van der Waals surface area (Å²) in [6.07, 6.45) is -3.72. The molecule has 0 radical (unpaired) electrons. The van der Waals surface area contributed by atoms with E-state index in [4.69, 9.17) is 5.73 Å². The van der Waals surface area contributed by atoms with Crippen LogP contribution >= 0.6 is 0 Å². The summed E-state index contributed by atoms with van der Waals surface area (Å²) in [6.45, 7) is 1.80. The SMILES string of the molecule is CC(N)CCC(=O)Nc1cccc(NC(=O)c2cccc(C(F)(F)F)c2)c1. The Morgan fingerprint density at radius 3 is 2.30 bits per heavy atom. The first-order valence-corrected chi connectivity index (χ1v) is 8.29. The minimum Gasteiger partial charge on any atom is -0.328 e. The predicted octanol–water partition coefficient (Wildman–Crippen LogP) is 4.02. The maximum absolute atomic E-state index is 12.8. The molecule has 0 heterocycles. The number of benzene rings is 2. The van der Waals surface area contributed by atoms with Crippen molar-refractivity contribution in [3.8, 4) is 0 Å². The molecule has 5 nitrogen and oxygen atoms in total. The van der Waals surface area contributed by atoms with Crippen molar-refractivity contribution in [2.45, 2.75) is 32.0 Å². The lowest BCUT2D eigenvalue weighted by atomic mass is 10.1. The smallest absolute Gasteiger partial charge is 0.328 e. The minimum absolute atomic E-state index is 0.0890. The molecule has 2 aromatic rings. The van der Waals surface area contributed by atoms with Gasteiger partial charge in [0, 0.05) is 29.4 Å². The van der Waals surface area contributed by atoms with Crippen molar-refractivity contribution in [2.75, 3.05) is 10.6 Å². The van der Waals surface area contributed by atoms with Gasteiger partial charge in [0.1, 0.15) is 0 Å². The number of nitrogens with one attached hydrogen (secondary N) is 2. The van der Waals surface area contributed by atoms with Gasteiger partial charge in [0.15, 0.2) is 0 Å². The van der Waals surface area contributed by atoms with Crippen LogP contribution in [0.25, 0.3) is 0 Å². The standard InChI is InChI=1S/C19H20F3N3O2/c1-12(23)8-9-17(26)24-15-6-3-7-16(11-15)25-18(27)13-4-2-5-14(10-13)19(20,21)22/h2-7,10-12H,8-9,23H2,1H3,(H,24,26)(H,25,27). The van der Waals surface area contributed by atoms with Crippen molar-refractivity contribution in [1.29, 1.82) is 0 Å². The van der Waals surface area contributed by atoms with E-state index in [-0.39, 0.29) is 23.9 Å². The molecule has 2 aromatic carbocycles. The van der Waals surface area contributed by atoms with E-state index in [0.717, 1.165) is 12.1 Å². The Kier molecular flexibility index (Phi) is 6.57. The van der Waals surface area contributed by atoms with Crippen LogP contribution in [0.3, 0.4) is 0 Å². The van der Waals surface area contributed by atoms with Crippen LogP contribution in [0, 0.1) is 0 Å². The third-order valence-corrected chi connectivity index (χ3v) is 3.68. The zero-order valence-corrected chi connectivity index (χ0v) is 14.6. The summed E-state index contributed by atoms with van der Waals surface area (Å²) in [5.74, 6) is -0.893. The van der Waals surface area contributed by atoms with Crippen LogP contribution in [0.1, 0.15) is 35.7 Å². The maximum atomic E-state index is 12.8. The summed E-state index contributed by atoms with van der Waals surface area (Å²) in [5.41, 5.74) is 5.41. The summed E-state index contributed by atoms with van der Waals surface area (Å²) in [4.78, 5) is 24.1. The van der Waals surface area contributed by atoms with Crippen LogP contribution in [-0.4, -0.2) is 17.9 Å². The first kappa shape index (κ1) is 20.4. The molecule has 0 aromatic heterocycles. The molecule has 1 atom stereocenters. The first-order chi connectivity index (χ1) is 12.6. The number of anilines is 2. The third-order valence-electron chi connectivity index (χ3n) is 3.68. The van der Waals surface area contributed by atoms with E-state index >= 15 is 0 Å². The number of carbonyl (C=O) groups excluding carboxylic acids is 2. The lowest BCUT2D eigenvalue weighted by Crippen LogP contribution is -2.19. The van der Waals surface area contributed by atoms with Gasteiger partial charge < -0.3 is 16.4 Å². The monoisotopic (exact) mass is 379 g/mol. The largest absolute Gasteiger partial charge is 0.416 e. The molecule has 0 saturated heterocycles. The first-order valence-electron chi connectivity index (χ1n) is 8.29. The Morgan fingerprint density at radius 1 is 1.04 bits per heavy atom. The van der Waals surface area contributed by atoms with Crippen molar-refractivity contribution in [3.63, 3.8) is 0 Å². The molecule has 4 N–H and O–H groups in total. The average Bonchev–Trinajstić information content (AvgIpc) is 2.59. The lowest BCUT2D eigenvalue weighted by Gasteiger charge is -2.11. The number of hydrogen-bond donors (Lipinski definition) is 3. The quantitative estimate of drug-likeness (QED) is 0.709. The predicted molar refractivity (Wildman–Crippen MR) is 97.4 cm³/mol. The van der Waals surface area contributed by atoms with E-state index in [0.29, 0.717) is 17.8 Å². The van der Waals surface area contributed by atoms with Crippen LogP contribution in [0.15, 0.2) is 48.5 Å². The van der Waals surface area contributed by atoms with E-state index in [1.54, 1.807) is 25.1 Å². The molecular formula is C19H20F3N3O2. The van der Waals surface area contributed by atoms with Gasteiger partial charge >= 0.3 is 6.18 Å². The second kappa shape index (κ2) is 8.68. The summed E-state index contributed by atoms with van der Waals surface area (Å²) >= 11 is 0. The van der Waals surface area contributed by atoms with Crippen LogP contribution in [0.5, 0.6) is 0 Å². The number of hydrogen-bond acceptors (Lipinski definition) is 3. The van der Waals surface area contributed by atoms with Gasteiger partial charge in [-0.2, -0.15) is 13.2 Å². The van der Waals surface area contributed by atoms with Crippen LogP contribution in [0.4, 0.5) is 24.5 Å². The molecule has 0 aliphatic rings. The number of halogens is 3. The topological polar surface area (TPSA) is 84.2 Å². The van der Waals surface area contributed by atoms with Crippen LogP contribution in [0.2, 0.25) is 0 Å². The van der Waals surface area contributed by atoms with E-state index in [1.807, 2.05) is 0 Å². The molecule has 144 valence electrons. The van der Waals surface area contributed by atoms with E-state index in [1.165, 1.54) is 18.2 Å². The molecule has 0 aliphatic carbocycles. The molecule has 0 bridgehead atoms. The van der Waals surface area contributed by atoms with Gasteiger partial charge in [0.05, 0.1) is 5.56 Å². The summed E-state index contributed by atoms with van der Waals surface area (Å²) in [7, 11) is 0. The van der Waals surface area contributed by atoms with Crippen LogP contribution in [-0.2, 0) is 11.0 Å². The fraction of sp³-hybridized carbons (Fsp3) is 0.263. The van der Waals surface area contributed by atoms with Crippen molar-refractivity contribution in [3.05, 3.63) is 59.7 Å². The third kappa shape index (κ3) is 6.41. The molecule has 2 rings (SSSR count). The number of nitrogens with two attached hydrogens (primary N) is 1. The molecule has 27 heavy (non-hydrogen) atoms. The van der Waals surface area contributed by atoms with Gasteiger partial charge in [-0.15, -0.1) is 0 Å². The van der Waals surface area contributed by atoms with E-state index in [2.05, 4.69) is 10.6 Å². The number of rotatable bonds is 6. The van der Waals surface area contributed by atoms with E-state index < -0.39 is 17.6 Å². The molecule has 2 amide bonds. The summed E-state index contributed by atoms with van der Waals surface area (Å²) < 4.78 is 38.3. The highest BCUT2D eigenvalue weighted by Crippen LogP contribution is 2.29. The number of carbonyl (C=O) groups is 2. The highest BCUT2D eigenvalue weighted by atomic mass is 19.4. The van der Waals surface area contributed by atoms with Gasteiger partial charge in [-0.3, -0.25) is 9.59 Å². The van der Waals surface area contributed by atoms with Crippen LogP contribution < -0.4 is 16.4 Å². The Hall–Kier alpha value is -2.87. The molecule has 1 unspecified atom stereocenters. The minimum atomic E-state index is -4.53. The number of alkyl halides is 3. The number of amides is 2. The fourth-order valence-corrected chi connectivity index (χ4v) is 2.30. The zero-order valence-electron chi connectivity index (χ0n) is 14.6. The second-order valence-corrected chi connectivity index (χ2v) is 6.18. The van der Waals surface area contributed by atoms with Gasteiger partial charge in [-0.1, -0.05) is 12.1 Å². The van der Waals surface area contributed by atoms with Crippen molar-refractivity contribution in [2.24, 2.45) is 5.73 Å². The van der Waals surface area contributed by atoms with Crippen molar-refractivity contribution >= 4 is 23.2 Å². The maximum Gasteiger partial charge on any atom is 0.416 e. The lowest BCUT2D eigenvalue weighted by molar-refractivity contribution is -0.137.